The van der Waals surface area contributed by atoms with Crippen LogP contribution in [0.15, 0.2) is 60.2 Å². The summed E-state index contributed by atoms with van der Waals surface area (Å²) in [6.07, 6.45) is 0. The van der Waals surface area contributed by atoms with E-state index in [0.29, 0.717) is 22.7 Å². The van der Waals surface area contributed by atoms with E-state index in [9.17, 15) is 14.7 Å². The molecule has 0 aromatic heterocycles. The molecule has 3 aromatic rings. The first kappa shape index (κ1) is 25.0. The van der Waals surface area contributed by atoms with Crippen LogP contribution < -0.4 is 19.1 Å². The van der Waals surface area contributed by atoms with Crippen molar-refractivity contribution in [2.75, 3.05) is 18.8 Å². The van der Waals surface area contributed by atoms with Crippen LogP contribution in [0.4, 0.5) is 5.69 Å². The summed E-state index contributed by atoms with van der Waals surface area (Å²) < 4.78 is 16.3. The number of nitrogens with zero attached hydrogens (tertiary/aromatic N) is 1. The number of Topliss-reactive ketones (excluding diaryl/α,β-unsaturated/α-hetero) is 1. The van der Waals surface area contributed by atoms with E-state index in [2.05, 4.69) is 13.8 Å². The van der Waals surface area contributed by atoms with Crippen LogP contribution in [0, 0.1) is 0 Å². The molecule has 0 aliphatic carbocycles. The van der Waals surface area contributed by atoms with Gasteiger partial charge in [0.2, 0.25) is 6.79 Å². The normalized spacial score (nSPS) is 18.1. The van der Waals surface area contributed by atoms with Gasteiger partial charge >= 0.3 is 0 Å². The Morgan fingerprint density at radius 2 is 1.73 bits per heavy atom. The molecular weight excluding hydrogens is 517 g/mol. The number of amides is 1. The number of aliphatic hydroxyl groups is 1. The molecule has 5 rings (SSSR count). The molecule has 9 heteroatoms. The van der Waals surface area contributed by atoms with Gasteiger partial charge in [0, 0.05) is 16.8 Å². The van der Waals surface area contributed by atoms with Crippen LogP contribution in [0.3, 0.4) is 0 Å². The second-order valence-corrected chi connectivity index (χ2v) is 9.84. The lowest BCUT2D eigenvalue weighted by Crippen LogP contribution is -2.29. The van der Waals surface area contributed by atoms with Gasteiger partial charge in [-0.15, -0.1) is 0 Å². The van der Waals surface area contributed by atoms with Crippen molar-refractivity contribution in [2.45, 2.75) is 25.8 Å². The Labute approximate surface area is 223 Å². The van der Waals surface area contributed by atoms with E-state index in [4.69, 9.17) is 37.4 Å². The van der Waals surface area contributed by atoms with Crippen molar-refractivity contribution < 1.29 is 28.9 Å². The van der Waals surface area contributed by atoms with E-state index in [1.807, 2.05) is 24.3 Å². The smallest absolute Gasteiger partial charge is 0.300 e. The number of methoxy groups -OCH3 is 1. The number of hydrogen-bond acceptors (Lipinski definition) is 6. The Morgan fingerprint density at radius 1 is 1.03 bits per heavy atom. The molecule has 190 valence electrons. The molecule has 3 aromatic carbocycles. The van der Waals surface area contributed by atoms with E-state index >= 15 is 0 Å². The number of aliphatic hydroxyl groups excluding tert-OH is 1. The lowest BCUT2D eigenvalue weighted by Gasteiger charge is -2.26. The predicted molar refractivity (Wildman–Crippen MR) is 141 cm³/mol. The molecule has 1 atom stereocenters. The maximum Gasteiger partial charge on any atom is 0.300 e. The van der Waals surface area contributed by atoms with Crippen molar-refractivity contribution >= 4 is 46.3 Å². The summed E-state index contributed by atoms with van der Waals surface area (Å²) in [5.41, 5.74) is 2.13. The Kier molecular flexibility index (Phi) is 6.52. The first-order valence-electron chi connectivity index (χ1n) is 11.5. The summed E-state index contributed by atoms with van der Waals surface area (Å²) in [4.78, 5) is 28.3. The fourth-order valence-corrected chi connectivity index (χ4v) is 5.17. The van der Waals surface area contributed by atoms with Crippen LogP contribution in [-0.2, 0) is 9.59 Å². The minimum absolute atomic E-state index is 0.0625. The number of halogens is 2. The van der Waals surface area contributed by atoms with Crippen molar-refractivity contribution in [3.8, 4) is 17.2 Å². The van der Waals surface area contributed by atoms with Crippen LogP contribution in [-0.4, -0.2) is 30.7 Å². The molecule has 0 saturated carbocycles. The minimum atomic E-state index is -0.941. The van der Waals surface area contributed by atoms with E-state index in [1.165, 1.54) is 24.1 Å². The van der Waals surface area contributed by atoms with Crippen molar-refractivity contribution in [3.63, 3.8) is 0 Å². The number of hydrogen-bond donors (Lipinski definition) is 1. The van der Waals surface area contributed by atoms with Crippen molar-refractivity contribution in [2.24, 2.45) is 0 Å². The number of carbonyl (C=O) groups excluding carboxylic acids is 2. The predicted octanol–water partition coefficient (Wildman–Crippen LogP) is 6.48. The van der Waals surface area contributed by atoms with Gasteiger partial charge in [-0.25, -0.2) is 0 Å². The van der Waals surface area contributed by atoms with Gasteiger partial charge in [-0.2, -0.15) is 0 Å². The molecule has 1 fully saturated rings. The van der Waals surface area contributed by atoms with Crippen LogP contribution in [0.2, 0.25) is 10.0 Å². The molecule has 0 radical (unpaired) electrons. The zero-order chi connectivity index (χ0) is 26.4. The van der Waals surface area contributed by atoms with E-state index in [0.717, 1.165) is 5.56 Å². The SMILES string of the molecule is COc1c(Cl)cc(Cl)cc1/C(O)=C1\C(=O)C(=O)N(c2ccc3c(c2)OCO3)C1c1ccc(C(C)C)cc1. The fourth-order valence-electron chi connectivity index (χ4n) is 4.60. The van der Waals surface area contributed by atoms with E-state index < -0.39 is 23.5 Å². The highest BCUT2D eigenvalue weighted by Crippen LogP contribution is 2.46. The number of ketones is 1. The van der Waals surface area contributed by atoms with Gasteiger partial charge in [0.15, 0.2) is 11.5 Å². The van der Waals surface area contributed by atoms with Crippen LogP contribution in [0.25, 0.3) is 5.76 Å². The molecule has 1 N–H and O–H groups in total. The summed E-state index contributed by atoms with van der Waals surface area (Å²) in [6, 6.07) is 14.5. The van der Waals surface area contributed by atoms with Gasteiger partial charge < -0.3 is 19.3 Å². The van der Waals surface area contributed by atoms with E-state index in [-0.39, 0.29) is 39.6 Å². The molecule has 7 nitrogen and oxygen atoms in total. The topological polar surface area (TPSA) is 85.3 Å². The Balaban J connectivity index is 1.74. The average molecular weight is 540 g/mol. The number of fused-ring (bicyclic) bond motifs is 1. The summed E-state index contributed by atoms with van der Waals surface area (Å²) in [6.45, 7) is 4.21. The van der Waals surface area contributed by atoms with Gasteiger partial charge in [-0.3, -0.25) is 14.5 Å². The molecule has 1 saturated heterocycles. The van der Waals surface area contributed by atoms with Gasteiger partial charge in [0.25, 0.3) is 11.7 Å². The molecule has 2 aliphatic heterocycles. The van der Waals surface area contributed by atoms with Crippen molar-refractivity contribution in [1.82, 2.24) is 0 Å². The number of carbonyl (C=O) groups is 2. The molecule has 0 spiro atoms. The summed E-state index contributed by atoms with van der Waals surface area (Å²) >= 11 is 12.5. The highest BCUT2D eigenvalue weighted by Gasteiger charge is 2.47. The van der Waals surface area contributed by atoms with Crippen molar-refractivity contribution in [1.29, 1.82) is 0 Å². The molecule has 1 unspecified atom stereocenters. The fraction of sp³-hybridized carbons (Fsp3) is 0.214. The molecule has 2 heterocycles. The van der Waals surface area contributed by atoms with Gasteiger partial charge in [0.1, 0.15) is 11.5 Å². The quantitative estimate of drug-likeness (QED) is 0.227. The zero-order valence-corrected chi connectivity index (χ0v) is 21.8. The third-order valence-electron chi connectivity index (χ3n) is 6.47. The Morgan fingerprint density at radius 3 is 2.41 bits per heavy atom. The second-order valence-electron chi connectivity index (χ2n) is 9.00. The Hall–Kier alpha value is -3.68. The highest BCUT2D eigenvalue weighted by atomic mass is 35.5. The average Bonchev–Trinajstić information content (AvgIpc) is 3.45. The van der Waals surface area contributed by atoms with E-state index in [1.54, 1.807) is 18.2 Å². The number of ether oxygens (including phenoxy) is 3. The van der Waals surface area contributed by atoms with Crippen LogP contribution in [0.5, 0.6) is 17.2 Å². The summed E-state index contributed by atoms with van der Waals surface area (Å²) in [5.74, 6) is -0.690. The third kappa shape index (κ3) is 4.28. The molecule has 37 heavy (non-hydrogen) atoms. The number of rotatable bonds is 5. The lowest BCUT2D eigenvalue weighted by molar-refractivity contribution is -0.132. The summed E-state index contributed by atoms with van der Waals surface area (Å²) in [5, 5.41) is 11.9. The Bertz CT molecular complexity index is 1450. The molecule has 2 aliphatic rings. The first-order valence-corrected chi connectivity index (χ1v) is 12.3. The van der Waals surface area contributed by atoms with Gasteiger partial charge in [-0.1, -0.05) is 61.3 Å². The number of benzene rings is 3. The largest absolute Gasteiger partial charge is 0.507 e. The zero-order valence-electron chi connectivity index (χ0n) is 20.2. The maximum absolute atomic E-state index is 13.5. The minimum Gasteiger partial charge on any atom is -0.507 e. The third-order valence-corrected chi connectivity index (χ3v) is 6.96. The van der Waals surface area contributed by atoms with Crippen molar-refractivity contribution in [3.05, 3.63) is 86.9 Å². The van der Waals surface area contributed by atoms with Gasteiger partial charge in [0.05, 0.1) is 29.3 Å². The molecular formula is C28H23Cl2NO6. The summed E-state index contributed by atoms with van der Waals surface area (Å²) in [7, 11) is 1.39. The highest BCUT2D eigenvalue weighted by molar-refractivity contribution is 6.52. The first-order chi connectivity index (χ1) is 17.7. The molecule has 0 bridgehead atoms. The van der Waals surface area contributed by atoms with Crippen LogP contribution >= 0.6 is 23.2 Å². The van der Waals surface area contributed by atoms with Crippen LogP contribution in [0.1, 0.15) is 42.5 Å². The standard InChI is InChI=1S/C28H23Cl2NO6/c1-14(2)15-4-6-16(7-5-15)24-23(25(32)19-10-17(29)11-20(30)27(19)35-3)26(33)28(34)31(24)18-8-9-21-22(12-18)37-13-36-21/h4-12,14,24,32H,13H2,1-3H3/b25-23+. The maximum atomic E-state index is 13.5. The lowest BCUT2D eigenvalue weighted by atomic mass is 9.93. The monoisotopic (exact) mass is 539 g/mol. The molecule has 1 amide bonds. The number of anilines is 1. The second kappa shape index (κ2) is 9.65. The van der Waals surface area contributed by atoms with Gasteiger partial charge in [-0.05, 0) is 41.3 Å².